The van der Waals surface area contributed by atoms with Crippen molar-refractivity contribution in [2.75, 3.05) is 31.1 Å². The van der Waals surface area contributed by atoms with Crippen LogP contribution in [0, 0.1) is 13.8 Å². The zero-order valence-electron chi connectivity index (χ0n) is 13.8. The standard InChI is InChI=1S/C16H20ClN5O2/c1-10-11(2)24-14(20-10)9-21-3-5-22(6-4-21)16-13(17)7-12(8-19-16)15(18)23/h7-8H,3-6,9H2,1-2H3,(H2,18,23). The molecular formula is C16H20ClN5O2. The third kappa shape index (κ3) is 3.52. The number of carbonyl (C=O) groups is 1. The van der Waals surface area contributed by atoms with Gasteiger partial charge in [-0.3, -0.25) is 9.69 Å². The van der Waals surface area contributed by atoms with Gasteiger partial charge in [0, 0.05) is 32.4 Å². The Morgan fingerprint density at radius 1 is 1.33 bits per heavy atom. The highest BCUT2D eigenvalue weighted by Crippen LogP contribution is 2.25. The third-order valence-electron chi connectivity index (χ3n) is 4.21. The Bertz CT molecular complexity index is 733. The van der Waals surface area contributed by atoms with Crippen molar-refractivity contribution in [2.24, 2.45) is 5.73 Å². The fourth-order valence-electron chi connectivity index (χ4n) is 2.71. The number of hydrogen-bond acceptors (Lipinski definition) is 6. The number of rotatable bonds is 4. The minimum atomic E-state index is -0.530. The molecule has 128 valence electrons. The van der Waals surface area contributed by atoms with Crippen LogP contribution in [0.3, 0.4) is 0 Å². The quantitative estimate of drug-likeness (QED) is 0.904. The average molecular weight is 350 g/mol. The molecule has 2 aromatic heterocycles. The maximum absolute atomic E-state index is 11.2. The number of halogens is 1. The van der Waals surface area contributed by atoms with E-state index in [9.17, 15) is 4.79 Å². The molecule has 0 aliphatic carbocycles. The summed E-state index contributed by atoms with van der Waals surface area (Å²) in [5.41, 5.74) is 6.50. The predicted molar refractivity (Wildman–Crippen MR) is 91.2 cm³/mol. The summed E-state index contributed by atoms with van der Waals surface area (Å²) < 4.78 is 5.64. The Morgan fingerprint density at radius 2 is 2.04 bits per heavy atom. The number of aromatic nitrogens is 2. The summed E-state index contributed by atoms with van der Waals surface area (Å²) in [6.07, 6.45) is 1.47. The molecule has 0 atom stereocenters. The lowest BCUT2D eigenvalue weighted by Crippen LogP contribution is -2.46. The number of nitrogens with two attached hydrogens (primary N) is 1. The monoisotopic (exact) mass is 349 g/mol. The van der Waals surface area contributed by atoms with Crippen LogP contribution in [0.15, 0.2) is 16.7 Å². The number of amides is 1. The smallest absolute Gasteiger partial charge is 0.250 e. The van der Waals surface area contributed by atoms with Gasteiger partial charge in [0.15, 0.2) is 0 Å². The molecule has 7 nitrogen and oxygen atoms in total. The number of anilines is 1. The zero-order valence-corrected chi connectivity index (χ0v) is 14.5. The first kappa shape index (κ1) is 16.7. The van der Waals surface area contributed by atoms with E-state index in [1.165, 1.54) is 6.20 Å². The summed E-state index contributed by atoms with van der Waals surface area (Å²) in [7, 11) is 0. The minimum absolute atomic E-state index is 0.317. The van der Waals surface area contributed by atoms with Crippen LogP contribution in [0.4, 0.5) is 5.82 Å². The molecule has 2 aromatic rings. The first-order chi connectivity index (χ1) is 11.4. The van der Waals surface area contributed by atoms with Gasteiger partial charge in [0.05, 0.1) is 22.8 Å². The number of pyridine rings is 1. The molecule has 0 aromatic carbocycles. The lowest BCUT2D eigenvalue weighted by molar-refractivity contribution is 0.1000. The molecular weight excluding hydrogens is 330 g/mol. The second-order valence-electron chi connectivity index (χ2n) is 5.91. The van der Waals surface area contributed by atoms with Gasteiger partial charge in [-0.15, -0.1) is 0 Å². The van der Waals surface area contributed by atoms with E-state index in [-0.39, 0.29) is 0 Å². The van der Waals surface area contributed by atoms with Crippen LogP contribution in [-0.4, -0.2) is 47.0 Å². The first-order valence-electron chi connectivity index (χ1n) is 7.79. The Balaban J connectivity index is 1.61. The van der Waals surface area contributed by atoms with Gasteiger partial charge in [-0.2, -0.15) is 0 Å². The van der Waals surface area contributed by atoms with Gasteiger partial charge < -0.3 is 15.1 Å². The normalized spacial score (nSPS) is 15.7. The average Bonchev–Trinajstić information content (AvgIpc) is 2.86. The Hall–Kier alpha value is -2.12. The zero-order chi connectivity index (χ0) is 17.3. The number of primary amides is 1. The molecule has 0 radical (unpaired) electrons. The Morgan fingerprint density at radius 3 is 2.58 bits per heavy atom. The molecule has 1 saturated heterocycles. The lowest BCUT2D eigenvalue weighted by atomic mass is 10.2. The van der Waals surface area contributed by atoms with E-state index < -0.39 is 5.91 Å². The van der Waals surface area contributed by atoms with Gasteiger partial charge in [-0.05, 0) is 19.9 Å². The number of nitrogens with zero attached hydrogens (tertiary/aromatic N) is 4. The molecule has 1 fully saturated rings. The van der Waals surface area contributed by atoms with Crippen molar-refractivity contribution in [3.05, 3.63) is 40.2 Å². The maximum atomic E-state index is 11.2. The van der Waals surface area contributed by atoms with Crippen LogP contribution in [0.1, 0.15) is 27.7 Å². The highest BCUT2D eigenvalue weighted by Gasteiger charge is 2.22. The minimum Gasteiger partial charge on any atom is -0.444 e. The highest BCUT2D eigenvalue weighted by molar-refractivity contribution is 6.33. The van der Waals surface area contributed by atoms with Crippen LogP contribution in [-0.2, 0) is 6.54 Å². The summed E-state index contributed by atoms with van der Waals surface area (Å²) >= 11 is 6.24. The molecule has 0 saturated carbocycles. The molecule has 3 rings (SSSR count). The van der Waals surface area contributed by atoms with E-state index >= 15 is 0 Å². The van der Waals surface area contributed by atoms with Gasteiger partial charge in [0.25, 0.3) is 0 Å². The Kier molecular flexibility index (Phi) is 4.73. The summed E-state index contributed by atoms with van der Waals surface area (Å²) in [4.78, 5) is 24.3. The van der Waals surface area contributed by atoms with Crippen LogP contribution < -0.4 is 10.6 Å². The van der Waals surface area contributed by atoms with E-state index in [1.54, 1.807) is 6.07 Å². The lowest BCUT2D eigenvalue weighted by Gasteiger charge is -2.35. The molecule has 8 heteroatoms. The van der Waals surface area contributed by atoms with Crippen molar-refractivity contribution in [3.63, 3.8) is 0 Å². The number of carbonyl (C=O) groups excluding carboxylic acids is 1. The topological polar surface area (TPSA) is 88.5 Å². The van der Waals surface area contributed by atoms with E-state index in [4.69, 9.17) is 21.8 Å². The van der Waals surface area contributed by atoms with Gasteiger partial charge >= 0.3 is 0 Å². The SMILES string of the molecule is Cc1nc(CN2CCN(c3ncc(C(N)=O)cc3Cl)CC2)oc1C. The molecule has 0 unspecified atom stereocenters. The molecule has 1 aliphatic rings. The molecule has 24 heavy (non-hydrogen) atoms. The highest BCUT2D eigenvalue weighted by atomic mass is 35.5. The molecule has 0 bridgehead atoms. The summed E-state index contributed by atoms with van der Waals surface area (Å²) in [6.45, 7) is 7.87. The number of piperazine rings is 1. The number of aryl methyl sites for hydroxylation is 2. The van der Waals surface area contributed by atoms with E-state index in [2.05, 4.69) is 19.8 Å². The fraction of sp³-hybridized carbons (Fsp3) is 0.438. The van der Waals surface area contributed by atoms with Gasteiger partial charge in [-0.25, -0.2) is 9.97 Å². The fourth-order valence-corrected chi connectivity index (χ4v) is 3.00. The number of oxazole rings is 1. The summed E-state index contributed by atoms with van der Waals surface area (Å²) in [6, 6.07) is 1.57. The summed E-state index contributed by atoms with van der Waals surface area (Å²) in [5, 5.41) is 0.443. The second-order valence-corrected chi connectivity index (χ2v) is 6.31. The van der Waals surface area contributed by atoms with Gasteiger partial charge in [0.2, 0.25) is 11.8 Å². The van der Waals surface area contributed by atoms with Gasteiger partial charge in [0.1, 0.15) is 11.6 Å². The van der Waals surface area contributed by atoms with E-state index in [1.807, 2.05) is 13.8 Å². The van der Waals surface area contributed by atoms with Crippen molar-refractivity contribution in [3.8, 4) is 0 Å². The van der Waals surface area contributed by atoms with Crippen LogP contribution >= 0.6 is 11.6 Å². The first-order valence-corrected chi connectivity index (χ1v) is 8.17. The Labute approximate surface area is 145 Å². The van der Waals surface area contributed by atoms with Crippen molar-refractivity contribution in [1.29, 1.82) is 0 Å². The van der Waals surface area contributed by atoms with Gasteiger partial charge in [-0.1, -0.05) is 11.6 Å². The predicted octanol–water partition coefficient (Wildman–Crippen LogP) is 1.76. The summed E-state index contributed by atoms with van der Waals surface area (Å²) in [5.74, 6) is 1.77. The largest absolute Gasteiger partial charge is 0.444 e. The van der Waals surface area contributed by atoms with Crippen LogP contribution in [0.25, 0.3) is 0 Å². The third-order valence-corrected chi connectivity index (χ3v) is 4.49. The maximum Gasteiger partial charge on any atom is 0.250 e. The molecule has 0 spiro atoms. The van der Waals surface area contributed by atoms with Crippen molar-refractivity contribution in [2.45, 2.75) is 20.4 Å². The second kappa shape index (κ2) is 6.78. The van der Waals surface area contributed by atoms with Crippen LogP contribution in [0.2, 0.25) is 5.02 Å². The van der Waals surface area contributed by atoms with Crippen LogP contribution in [0.5, 0.6) is 0 Å². The molecule has 3 heterocycles. The number of hydrogen-bond donors (Lipinski definition) is 1. The molecule has 1 amide bonds. The van der Waals surface area contributed by atoms with E-state index in [0.717, 1.165) is 43.5 Å². The van der Waals surface area contributed by atoms with Crippen molar-refractivity contribution >= 4 is 23.3 Å². The van der Waals surface area contributed by atoms with E-state index in [0.29, 0.717) is 22.9 Å². The van der Waals surface area contributed by atoms with Crippen molar-refractivity contribution < 1.29 is 9.21 Å². The molecule has 1 aliphatic heterocycles. The molecule has 2 N–H and O–H groups in total. The van der Waals surface area contributed by atoms with Crippen molar-refractivity contribution in [1.82, 2.24) is 14.9 Å².